The Morgan fingerprint density at radius 3 is 2.53 bits per heavy atom. The number of nitrogens with two attached hydrogens (primary N) is 1. The molecule has 0 aliphatic heterocycles. The van der Waals surface area contributed by atoms with Crippen molar-refractivity contribution in [1.29, 1.82) is 0 Å². The summed E-state index contributed by atoms with van der Waals surface area (Å²) in [6.07, 6.45) is 4.71. The predicted octanol–water partition coefficient (Wildman–Crippen LogP) is 2.41. The number of halogens is 1. The summed E-state index contributed by atoms with van der Waals surface area (Å²) >= 11 is 0. The first kappa shape index (κ1) is 14.3. The Morgan fingerprint density at radius 1 is 1.26 bits per heavy atom. The van der Waals surface area contributed by atoms with Crippen molar-refractivity contribution in [3.05, 3.63) is 24.0 Å². The van der Waals surface area contributed by atoms with Crippen LogP contribution in [0.15, 0.2) is 23.1 Å². The number of nitrogen functional groups attached to an aromatic ring is 1. The molecule has 1 aliphatic rings. The van der Waals surface area contributed by atoms with E-state index in [9.17, 15) is 12.8 Å². The van der Waals surface area contributed by atoms with Crippen LogP contribution < -0.4 is 10.5 Å². The smallest absolute Gasteiger partial charge is 0.243 e. The molecule has 1 aromatic rings. The van der Waals surface area contributed by atoms with Gasteiger partial charge in [-0.2, -0.15) is 0 Å². The molecule has 2 rings (SSSR count). The van der Waals surface area contributed by atoms with Crippen LogP contribution in [0.4, 0.5) is 10.1 Å². The van der Waals surface area contributed by atoms with Gasteiger partial charge >= 0.3 is 0 Å². The van der Waals surface area contributed by atoms with E-state index in [-0.39, 0.29) is 10.6 Å². The first-order chi connectivity index (χ1) is 8.84. The number of nitrogens with one attached hydrogen (secondary N) is 1. The Labute approximate surface area is 113 Å². The maximum absolute atomic E-state index is 13.4. The topological polar surface area (TPSA) is 72.2 Å². The Morgan fingerprint density at radius 2 is 1.89 bits per heavy atom. The molecule has 0 bridgehead atoms. The highest BCUT2D eigenvalue weighted by Gasteiger charge is 2.33. The Balaban J connectivity index is 2.30. The average Bonchev–Trinajstić information content (AvgIpc) is 2.32. The van der Waals surface area contributed by atoms with Crippen LogP contribution in [0.2, 0.25) is 0 Å². The second kappa shape index (κ2) is 5.09. The zero-order valence-corrected chi connectivity index (χ0v) is 11.8. The zero-order valence-electron chi connectivity index (χ0n) is 10.9. The highest BCUT2D eigenvalue weighted by Crippen LogP contribution is 2.30. The van der Waals surface area contributed by atoms with Crippen LogP contribution in [-0.4, -0.2) is 14.0 Å². The molecule has 1 fully saturated rings. The summed E-state index contributed by atoms with van der Waals surface area (Å²) in [6, 6.07) is 3.83. The molecular formula is C13H19FN2O2S. The molecule has 3 N–H and O–H groups in total. The van der Waals surface area contributed by atoms with Gasteiger partial charge in [0.1, 0.15) is 10.7 Å². The van der Waals surface area contributed by atoms with Gasteiger partial charge in [0, 0.05) is 5.54 Å². The van der Waals surface area contributed by atoms with Crippen molar-refractivity contribution in [2.45, 2.75) is 49.5 Å². The molecule has 0 amide bonds. The highest BCUT2D eigenvalue weighted by molar-refractivity contribution is 7.89. The molecule has 0 spiro atoms. The van der Waals surface area contributed by atoms with Crippen LogP contribution in [0.3, 0.4) is 0 Å². The molecule has 0 saturated heterocycles. The van der Waals surface area contributed by atoms with Gasteiger partial charge in [-0.05, 0) is 31.9 Å². The maximum atomic E-state index is 13.4. The molecule has 19 heavy (non-hydrogen) atoms. The number of hydrogen-bond donors (Lipinski definition) is 2. The van der Waals surface area contributed by atoms with E-state index in [1.54, 1.807) is 0 Å². The number of benzene rings is 1. The second-order valence-electron chi connectivity index (χ2n) is 5.38. The molecule has 0 unspecified atom stereocenters. The van der Waals surface area contributed by atoms with Crippen LogP contribution in [0.5, 0.6) is 0 Å². The van der Waals surface area contributed by atoms with E-state index in [0.29, 0.717) is 0 Å². The van der Waals surface area contributed by atoms with Crippen molar-refractivity contribution in [3.8, 4) is 0 Å². The summed E-state index contributed by atoms with van der Waals surface area (Å²) in [5.41, 5.74) is 4.74. The molecule has 106 valence electrons. The van der Waals surface area contributed by atoms with Crippen molar-refractivity contribution in [2.75, 3.05) is 5.73 Å². The van der Waals surface area contributed by atoms with Crippen LogP contribution in [0, 0.1) is 5.82 Å². The average molecular weight is 286 g/mol. The third-order valence-corrected chi connectivity index (χ3v) is 5.34. The van der Waals surface area contributed by atoms with E-state index in [4.69, 9.17) is 5.73 Å². The summed E-state index contributed by atoms with van der Waals surface area (Å²) in [4.78, 5) is -0.181. The summed E-state index contributed by atoms with van der Waals surface area (Å²) in [6.45, 7) is 1.89. The predicted molar refractivity (Wildman–Crippen MR) is 72.6 cm³/mol. The van der Waals surface area contributed by atoms with Crippen molar-refractivity contribution in [2.24, 2.45) is 0 Å². The van der Waals surface area contributed by atoms with E-state index in [2.05, 4.69) is 4.72 Å². The molecule has 1 saturated carbocycles. The quantitative estimate of drug-likeness (QED) is 0.838. The molecule has 0 aromatic heterocycles. The summed E-state index contributed by atoms with van der Waals surface area (Å²) in [5, 5.41) is 0. The van der Waals surface area contributed by atoms with Crippen LogP contribution in [-0.2, 0) is 10.0 Å². The number of sulfonamides is 1. The number of rotatable bonds is 3. The van der Waals surface area contributed by atoms with Crippen molar-refractivity contribution >= 4 is 15.7 Å². The van der Waals surface area contributed by atoms with Crippen LogP contribution >= 0.6 is 0 Å². The van der Waals surface area contributed by atoms with E-state index < -0.39 is 21.4 Å². The second-order valence-corrected chi connectivity index (χ2v) is 7.03. The lowest BCUT2D eigenvalue weighted by atomic mass is 9.84. The lowest BCUT2D eigenvalue weighted by molar-refractivity contribution is 0.294. The minimum atomic E-state index is -3.79. The fourth-order valence-corrected chi connectivity index (χ4v) is 4.17. The number of anilines is 1. The molecule has 6 heteroatoms. The third kappa shape index (κ3) is 3.06. The molecule has 1 aliphatic carbocycles. The standard InChI is InChI=1S/C13H19FN2O2S/c1-13(8-3-2-4-9-13)16-19(17,18)11-7-5-6-10(14)12(11)15/h5-7,16H,2-4,8-9,15H2,1H3. The van der Waals surface area contributed by atoms with Gasteiger partial charge in [0.05, 0.1) is 5.69 Å². The maximum Gasteiger partial charge on any atom is 0.243 e. The van der Waals surface area contributed by atoms with Gasteiger partial charge in [0.15, 0.2) is 0 Å². The SMILES string of the molecule is CC1(NS(=O)(=O)c2cccc(F)c2N)CCCCC1. The van der Waals surface area contributed by atoms with Crippen LogP contribution in [0.1, 0.15) is 39.0 Å². The number of para-hydroxylation sites is 1. The van der Waals surface area contributed by atoms with Crippen molar-refractivity contribution < 1.29 is 12.8 Å². The summed E-state index contributed by atoms with van der Waals surface area (Å²) < 4.78 is 40.7. The first-order valence-electron chi connectivity index (χ1n) is 6.42. The Kier molecular flexibility index (Phi) is 3.82. The molecule has 0 heterocycles. The molecule has 0 radical (unpaired) electrons. The van der Waals surface area contributed by atoms with E-state index in [1.165, 1.54) is 12.1 Å². The minimum Gasteiger partial charge on any atom is -0.395 e. The number of hydrogen-bond acceptors (Lipinski definition) is 3. The summed E-state index contributed by atoms with van der Waals surface area (Å²) in [7, 11) is -3.79. The van der Waals surface area contributed by atoms with Gasteiger partial charge in [-0.1, -0.05) is 25.3 Å². The fraction of sp³-hybridized carbons (Fsp3) is 0.538. The Hall–Kier alpha value is -1.14. The van der Waals surface area contributed by atoms with E-state index in [1.807, 2.05) is 6.92 Å². The third-order valence-electron chi connectivity index (χ3n) is 3.64. The lowest BCUT2D eigenvalue weighted by Gasteiger charge is -2.34. The Bertz CT molecular complexity index is 566. The highest BCUT2D eigenvalue weighted by atomic mass is 32.2. The van der Waals surface area contributed by atoms with Crippen molar-refractivity contribution in [1.82, 2.24) is 4.72 Å². The van der Waals surface area contributed by atoms with Gasteiger partial charge < -0.3 is 5.73 Å². The summed E-state index contributed by atoms with van der Waals surface area (Å²) in [5.74, 6) is -0.711. The molecular weight excluding hydrogens is 267 g/mol. The first-order valence-corrected chi connectivity index (χ1v) is 7.90. The van der Waals surface area contributed by atoms with E-state index in [0.717, 1.165) is 38.2 Å². The fourth-order valence-electron chi connectivity index (χ4n) is 2.57. The van der Waals surface area contributed by atoms with Gasteiger partial charge in [0.2, 0.25) is 10.0 Å². The monoisotopic (exact) mass is 286 g/mol. The van der Waals surface area contributed by atoms with Gasteiger partial charge in [-0.15, -0.1) is 0 Å². The minimum absolute atomic E-state index is 0.181. The van der Waals surface area contributed by atoms with Gasteiger partial charge in [-0.25, -0.2) is 17.5 Å². The van der Waals surface area contributed by atoms with Gasteiger partial charge in [0.25, 0.3) is 0 Å². The molecule has 0 atom stereocenters. The zero-order chi connectivity index (χ0) is 14.1. The van der Waals surface area contributed by atoms with E-state index >= 15 is 0 Å². The largest absolute Gasteiger partial charge is 0.395 e. The van der Waals surface area contributed by atoms with Crippen LogP contribution in [0.25, 0.3) is 0 Å². The molecule has 1 aromatic carbocycles. The lowest BCUT2D eigenvalue weighted by Crippen LogP contribution is -2.47. The normalized spacial score (nSPS) is 19.3. The van der Waals surface area contributed by atoms with Gasteiger partial charge in [-0.3, -0.25) is 0 Å². The van der Waals surface area contributed by atoms with Crippen molar-refractivity contribution in [3.63, 3.8) is 0 Å². The molecule has 4 nitrogen and oxygen atoms in total.